The summed E-state index contributed by atoms with van der Waals surface area (Å²) in [7, 11) is 1.54. The normalized spacial score (nSPS) is 14.3. The van der Waals surface area contributed by atoms with Gasteiger partial charge in [0.15, 0.2) is 11.5 Å². The van der Waals surface area contributed by atoms with Crippen molar-refractivity contribution in [3.8, 4) is 17.6 Å². The molecule has 0 saturated carbocycles. The maximum absolute atomic E-state index is 13.0. The lowest BCUT2D eigenvalue weighted by Gasteiger charge is -2.33. The molecule has 0 saturated heterocycles. The molecule has 0 bridgehead atoms. The number of benzene rings is 2. The van der Waals surface area contributed by atoms with Crippen molar-refractivity contribution in [2.75, 3.05) is 13.7 Å². The minimum Gasteiger partial charge on any atom is -0.493 e. The van der Waals surface area contributed by atoms with Crippen LogP contribution in [-0.2, 0) is 11.2 Å². The summed E-state index contributed by atoms with van der Waals surface area (Å²) in [6, 6.07) is 13.7. The van der Waals surface area contributed by atoms with Gasteiger partial charge in [0, 0.05) is 5.56 Å². The Morgan fingerprint density at radius 3 is 2.67 bits per heavy atom. The van der Waals surface area contributed by atoms with Crippen molar-refractivity contribution < 1.29 is 19.1 Å². The van der Waals surface area contributed by atoms with Gasteiger partial charge in [-0.05, 0) is 36.2 Å². The van der Waals surface area contributed by atoms with Gasteiger partial charge in [0.1, 0.15) is 0 Å². The predicted molar refractivity (Wildman–Crippen MR) is 98.5 cm³/mol. The number of carbonyl (C=O) groups is 2. The Morgan fingerprint density at radius 2 is 1.96 bits per heavy atom. The molecule has 1 aliphatic rings. The highest BCUT2D eigenvalue weighted by molar-refractivity contribution is 6.10. The zero-order valence-electron chi connectivity index (χ0n) is 15.3. The van der Waals surface area contributed by atoms with E-state index in [4.69, 9.17) is 9.47 Å². The molecule has 2 aromatic rings. The summed E-state index contributed by atoms with van der Waals surface area (Å²) in [5.74, 6) is 0.374. The predicted octanol–water partition coefficient (Wildman–Crippen LogP) is 3.27. The van der Waals surface area contributed by atoms with E-state index < -0.39 is 6.04 Å². The van der Waals surface area contributed by atoms with Gasteiger partial charge in [-0.15, -0.1) is 0 Å². The van der Waals surface area contributed by atoms with E-state index in [0.717, 1.165) is 0 Å². The second kappa shape index (κ2) is 7.92. The fourth-order valence-corrected chi connectivity index (χ4v) is 3.30. The molecule has 1 aliphatic heterocycles. The van der Waals surface area contributed by atoms with Crippen LogP contribution in [-0.4, -0.2) is 30.4 Å². The summed E-state index contributed by atoms with van der Waals surface area (Å²) in [5.41, 5.74) is 1.87. The summed E-state index contributed by atoms with van der Waals surface area (Å²) in [6.07, 6.45) is 0.135. The number of imide groups is 1. The van der Waals surface area contributed by atoms with Crippen LogP contribution in [0.25, 0.3) is 0 Å². The summed E-state index contributed by atoms with van der Waals surface area (Å²) < 4.78 is 10.9. The number of ether oxygens (including phenoxy) is 2. The number of nitriles is 1. The van der Waals surface area contributed by atoms with E-state index in [0.29, 0.717) is 34.8 Å². The molecule has 2 amide bonds. The smallest absolute Gasteiger partial charge is 0.261 e. The fraction of sp³-hybridized carbons (Fsp3) is 0.286. The molecule has 0 aromatic heterocycles. The van der Waals surface area contributed by atoms with Crippen LogP contribution in [0.4, 0.5) is 0 Å². The van der Waals surface area contributed by atoms with E-state index in [1.54, 1.807) is 49.6 Å². The standard InChI is InChI=1S/C21H20N2O4/c1-3-27-19-12-15(8-9-18(19)26-2)17(10-11-22)23-20(24)13-14-6-4-5-7-16(14)21(23)25/h4-9,12,17H,3,10,13H2,1-2H3. The molecule has 138 valence electrons. The Labute approximate surface area is 157 Å². The summed E-state index contributed by atoms with van der Waals surface area (Å²) in [6.45, 7) is 2.30. The molecule has 2 aromatic carbocycles. The zero-order valence-corrected chi connectivity index (χ0v) is 15.3. The number of hydrogen-bond acceptors (Lipinski definition) is 5. The molecule has 27 heavy (non-hydrogen) atoms. The van der Waals surface area contributed by atoms with Gasteiger partial charge in [-0.3, -0.25) is 14.5 Å². The van der Waals surface area contributed by atoms with Crippen LogP contribution < -0.4 is 9.47 Å². The first-order valence-electron chi connectivity index (χ1n) is 8.72. The third-order valence-corrected chi connectivity index (χ3v) is 4.55. The monoisotopic (exact) mass is 364 g/mol. The second-order valence-corrected chi connectivity index (χ2v) is 6.12. The van der Waals surface area contributed by atoms with Crippen LogP contribution in [0.1, 0.15) is 40.9 Å². The Bertz CT molecular complexity index is 917. The van der Waals surface area contributed by atoms with Crippen LogP contribution in [0.15, 0.2) is 42.5 Å². The van der Waals surface area contributed by atoms with Crippen molar-refractivity contribution in [2.24, 2.45) is 0 Å². The van der Waals surface area contributed by atoms with E-state index >= 15 is 0 Å². The summed E-state index contributed by atoms with van der Waals surface area (Å²) in [5, 5.41) is 9.31. The van der Waals surface area contributed by atoms with E-state index in [-0.39, 0.29) is 24.7 Å². The highest BCUT2D eigenvalue weighted by Gasteiger charge is 2.36. The largest absolute Gasteiger partial charge is 0.493 e. The Balaban J connectivity index is 2.04. The van der Waals surface area contributed by atoms with Gasteiger partial charge in [-0.2, -0.15) is 5.26 Å². The van der Waals surface area contributed by atoms with Gasteiger partial charge in [0.05, 0.1) is 38.7 Å². The number of hydrogen-bond donors (Lipinski definition) is 0. The summed E-state index contributed by atoms with van der Waals surface area (Å²) >= 11 is 0. The number of carbonyl (C=O) groups excluding carboxylic acids is 2. The lowest BCUT2D eigenvalue weighted by Crippen LogP contribution is -2.44. The topological polar surface area (TPSA) is 79.6 Å². The number of nitrogens with zero attached hydrogens (tertiary/aromatic N) is 2. The molecule has 0 radical (unpaired) electrons. The molecule has 0 N–H and O–H groups in total. The van der Waals surface area contributed by atoms with Crippen molar-refractivity contribution in [3.05, 3.63) is 59.2 Å². The van der Waals surface area contributed by atoms with Crippen LogP contribution in [0.3, 0.4) is 0 Å². The van der Waals surface area contributed by atoms with Crippen molar-refractivity contribution in [1.82, 2.24) is 4.90 Å². The number of rotatable bonds is 6. The van der Waals surface area contributed by atoms with Crippen molar-refractivity contribution in [1.29, 1.82) is 5.26 Å². The van der Waals surface area contributed by atoms with Crippen molar-refractivity contribution in [2.45, 2.75) is 25.8 Å². The number of fused-ring (bicyclic) bond motifs is 1. The highest BCUT2D eigenvalue weighted by Crippen LogP contribution is 2.36. The SMILES string of the molecule is CCOc1cc(C(CC#N)N2C(=O)Cc3ccccc3C2=O)ccc1OC. The number of amides is 2. The minimum absolute atomic E-state index is 0.00244. The van der Waals surface area contributed by atoms with E-state index in [9.17, 15) is 14.9 Å². The fourth-order valence-electron chi connectivity index (χ4n) is 3.30. The van der Waals surface area contributed by atoms with Crippen molar-refractivity contribution >= 4 is 11.8 Å². The first kappa shape index (κ1) is 18.5. The second-order valence-electron chi connectivity index (χ2n) is 6.12. The molecule has 6 heteroatoms. The van der Waals surface area contributed by atoms with Gasteiger partial charge < -0.3 is 9.47 Å². The maximum atomic E-state index is 13.0. The lowest BCUT2D eigenvalue weighted by atomic mass is 9.94. The minimum atomic E-state index is -0.687. The molecular weight excluding hydrogens is 344 g/mol. The van der Waals surface area contributed by atoms with Crippen molar-refractivity contribution in [3.63, 3.8) is 0 Å². The molecule has 0 aliphatic carbocycles. The third-order valence-electron chi connectivity index (χ3n) is 4.55. The Kier molecular flexibility index (Phi) is 5.41. The Morgan fingerprint density at radius 1 is 1.19 bits per heavy atom. The quantitative estimate of drug-likeness (QED) is 0.735. The molecule has 6 nitrogen and oxygen atoms in total. The molecule has 1 heterocycles. The molecule has 0 fully saturated rings. The van der Waals surface area contributed by atoms with Crippen LogP contribution >= 0.6 is 0 Å². The van der Waals surface area contributed by atoms with E-state index in [2.05, 4.69) is 6.07 Å². The van der Waals surface area contributed by atoms with E-state index in [1.165, 1.54) is 4.90 Å². The first-order chi connectivity index (χ1) is 13.1. The third kappa shape index (κ3) is 3.49. The first-order valence-corrected chi connectivity index (χ1v) is 8.72. The van der Waals surface area contributed by atoms with Gasteiger partial charge in [0.25, 0.3) is 5.91 Å². The zero-order chi connectivity index (χ0) is 19.4. The number of methoxy groups -OCH3 is 1. The Hall–Kier alpha value is -3.33. The average molecular weight is 364 g/mol. The lowest BCUT2D eigenvalue weighted by molar-refractivity contribution is -0.130. The van der Waals surface area contributed by atoms with Crippen LogP contribution in [0.5, 0.6) is 11.5 Å². The molecule has 1 atom stereocenters. The average Bonchev–Trinajstić information content (AvgIpc) is 2.67. The van der Waals surface area contributed by atoms with Gasteiger partial charge in [0.2, 0.25) is 5.91 Å². The van der Waals surface area contributed by atoms with E-state index in [1.807, 2.05) is 6.92 Å². The van der Waals surface area contributed by atoms with Gasteiger partial charge in [-0.25, -0.2) is 0 Å². The van der Waals surface area contributed by atoms with Gasteiger partial charge >= 0.3 is 0 Å². The van der Waals surface area contributed by atoms with Crippen LogP contribution in [0.2, 0.25) is 0 Å². The molecule has 1 unspecified atom stereocenters. The van der Waals surface area contributed by atoms with Gasteiger partial charge in [-0.1, -0.05) is 24.3 Å². The molecular formula is C21H20N2O4. The molecule has 3 rings (SSSR count). The summed E-state index contributed by atoms with van der Waals surface area (Å²) in [4.78, 5) is 26.9. The molecule has 0 spiro atoms. The maximum Gasteiger partial charge on any atom is 0.261 e. The highest BCUT2D eigenvalue weighted by atomic mass is 16.5. The van der Waals surface area contributed by atoms with Crippen LogP contribution in [0, 0.1) is 11.3 Å².